The fraction of sp³-hybridized carbons (Fsp3) is 0.591. The van der Waals surface area contributed by atoms with E-state index in [4.69, 9.17) is 9.47 Å². The topological polar surface area (TPSA) is 99.7 Å². The maximum Gasteiger partial charge on any atom is 0.191 e. The molecule has 31 heavy (non-hydrogen) atoms. The van der Waals surface area contributed by atoms with Gasteiger partial charge >= 0.3 is 0 Å². The van der Waals surface area contributed by atoms with Crippen LogP contribution in [0.2, 0.25) is 0 Å². The number of nitrogens with one attached hydrogen (secondary N) is 3. The van der Waals surface area contributed by atoms with Gasteiger partial charge in [-0.2, -0.15) is 5.10 Å². The molecule has 1 aromatic heterocycles. The number of H-pyrrole nitrogens is 1. The minimum Gasteiger partial charge on any atom is -0.497 e. The third-order valence-corrected chi connectivity index (χ3v) is 4.95. The normalized spacial score (nSPS) is 17.7. The number of guanidine groups is 1. The Morgan fingerprint density at radius 2 is 2.13 bits per heavy atom. The van der Waals surface area contributed by atoms with Gasteiger partial charge in [-0.05, 0) is 37.1 Å². The number of aromatic nitrogens is 3. The molecular weight excluding hydrogens is 394 g/mol. The summed E-state index contributed by atoms with van der Waals surface area (Å²) in [5.41, 5.74) is 0.928. The van der Waals surface area contributed by atoms with Gasteiger partial charge in [0.2, 0.25) is 0 Å². The van der Waals surface area contributed by atoms with Crippen LogP contribution in [-0.4, -0.2) is 78.6 Å². The van der Waals surface area contributed by atoms with E-state index in [-0.39, 0.29) is 6.10 Å². The summed E-state index contributed by atoms with van der Waals surface area (Å²) in [4.78, 5) is 11.7. The van der Waals surface area contributed by atoms with E-state index < -0.39 is 0 Å². The van der Waals surface area contributed by atoms with Crippen LogP contribution >= 0.6 is 0 Å². The Labute approximate surface area is 184 Å². The number of methoxy groups -OCH3 is 1. The molecule has 1 saturated heterocycles. The van der Waals surface area contributed by atoms with Gasteiger partial charge in [0.15, 0.2) is 11.8 Å². The van der Waals surface area contributed by atoms with E-state index in [1.54, 1.807) is 7.11 Å². The van der Waals surface area contributed by atoms with Crippen molar-refractivity contribution in [2.24, 2.45) is 10.9 Å². The van der Waals surface area contributed by atoms with Crippen molar-refractivity contribution in [3.63, 3.8) is 0 Å². The number of nitrogens with zero attached hydrogens (tertiary/aromatic N) is 4. The number of aromatic amines is 1. The van der Waals surface area contributed by atoms with Gasteiger partial charge in [-0.1, -0.05) is 13.8 Å². The van der Waals surface area contributed by atoms with E-state index in [0.717, 1.165) is 50.1 Å². The van der Waals surface area contributed by atoms with Gasteiger partial charge in [0, 0.05) is 38.3 Å². The van der Waals surface area contributed by atoms with E-state index in [1.807, 2.05) is 24.3 Å². The number of ether oxygens (including phenoxy) is 2. The molecule has 3 N–H and O–H groups in total. The summed E-state index contributed by atoms with van der Waals surface area (Å²) >= 11 is 0. The first kappa shape index (κ1) is 23.0. The Hall–Kier alpha value is -2.65. The van der Waals surface area contributed by atoms with Gasteiger partial charge < -0.3 is 20.1 Å². The van der Waals surface area contributed by atoms with Crippen molar-refractivity contribution in [2.45, 2.75) is 33.4 Å². The molecule has 2 aromatic rings. The maximum atomic E-state index is 5.93. The lowest BCUT2D eigenvalue weighted by atomic mass is 10.2. The van der Waals surface area contributed by atoms with Crippen molar-refractivity contribution in [2.75, 3.05) is 46.4 Å². The third-order valence-electron chi connectivity index (χ3n) is 4.95. The van der Waals surface area contributed by atoms with Crippen molar-refractivity contribution in [1.29, 1.82) is 0 Å². The van der Waals surface area contributed by atoms with E-state index in [1.165, 1.54) is 0 Å². The quantitative estimate of drug-likeness (QED) is 0.413. The zero-order chi connectivity index (χ0) is 22.1. The molecule has 0 saturated carbocycles. The SMILES string of the molecule is CCNC(=NCc1nc(-c2ccc(OC)cc2)n[nH]1)NCC1CN(CC(C)C)CCO1. The number of rotatable bonds is 9. The van der Waals surface area contributed by atoms with Crippen LogP contribution in [-0.2, 0) is 11.3 Å². The Morgan fingerprint density at radius 3 is 2.84 bits per heavy atom. The van der Waals surface area contributed by atoms with E-state index in [9.17, 15) is 0 Å². The molecule has 0 amide bonds. The van der Waals surface area contributed by atoms with Crippen LogP contribution in [0.4, 0.5) is 0 Å². The van der Waals surface area contributed by atoms with Gasteiger partial charge in [0.25, 0.3) is 0 Å². The molecule has 3 rings (SSSR count). The molecule has 1 fully saturated rings. The lowest BCUT2D eigenvalue weighted by Crippen LogP contribution is -2.50. The Morgan fingerprint density at radius 1 is 1.32 bits per heavy atom. The summed E-state index contributed by atoms with van der Waals surface area (Å²) in [6, 6.07) is 7.67. The molecule has 0 bridgehead atoms. The Balaban J connectivity index is 1.54. The highest BCUT2D eigenvalue weighted by molar-refractivity contribution is 5.79. The van der Waals surface area contributed by atoms with Gasteiger partial charge in [0.05, 0.1) is 19.8 Å². The molecule has 1 aromatic carbocycles. The molecule has 0 aliphatic carbocycles. The second-order valence-corrected chi connectivity index (χ2v) is 8.06. The largest absolute Gasteiger partial charge is 0.497 e. The van der Waals surface area contributed by atoms with Gasteiger partial charge in [-0.3, -0.25) is 10.00 Å². The van der Waals surface area contributed by atoms with Gasteiger partial charge in [0.1, 0.15) is 18.1 Å². The number of aliphatic imine (C=N–C) groups is 1. The Kier molecular flexibility index (Phi) is 8.66. The number of benzene rings is 1. The molecule has 0 radical (unpaired) electrons. The fourth-order valence-corrected chi connectivity index (χ4v) is 3.53. The predicted octanol–water partition coefficient (Wildman–Crippen LogP) is 1.89. The van der Waals surface area contributed by atoms with Crippen LogP contribution in [0, 0.1) is 5.92 Å². The molecule has 1 atom stereocenters. The van der Waals surface area contributed by atoms with Crippen LogP contribution < -0.4 is 15.4 Å². The minimum absolute atomic E-state index is 0.156. The van der Waals surface area contributed by atoms with E-state index in [0.29, 0.717) is 30.7 Å². The van der Waals surface area contributed by atoms with E-state index in [2.05, 4.69) is 56.5 Å². The van der Waals surface area contributed by atoms with Crippen molar-refractivity contribution in [1.82, 2.24) is 30.7 Å². The van der Waals surface area contributed by atoms with Crippen molar-refractivity contribution in [3.8, 4) is 17.1 Å². The highest BCUT2D eigenvalue weighted by atomic mass is 16.5. The average molecular weight is 430 g/mol. The number of hydrogen-bond acceptors (Lipinski definition) is 6. The van der Waals surface area contributed by atoms with Crippen molar-refractivity contribution >= 4 is 5.96 Å². The summed E-state index contributed by atoms with van der Waals surface area (Å²) in [6.07, 6.45) is 0.156. The van der Waals surface area contributed by atoms with Crippen molar-refractivity contribution < 1.29 is 9.47 Å². The molecule has 1 aliphatic heterocycles. The first-order chi connectivity index (χ1) is 15.1. The third kappa shape index (κ3) is 7.22. The molecule has 2 heterocycles. The summed E-state index contributed by atoms with van der Waals surface area (Å²) in [7, 11) is 1.65. The first-order valence-corrected chi connectivity index (χ1v) is 11.0. The molecule has 1 unspecified atom stereocenters. The molecule has 1 aliphatic rings. The van der Waals surface area contributed by atoms with Crippen molar-refractivity contribution in [3.05, 3.63) is 30.1 Å². The highest BCUT2D eigenvalue weighted by Crippen LogP contribution is 2.19. The zero-order valence-electron chi connectivity index (χ0n) is 19.0. The lowest BCUT2D eigenvalue weighted by Gasteiger charge is -2.34. The van der Waals surface area contributed by atoms with Crippen LogP contribution in [0.1, 0.15) is 26.6 Å². The fourth-order valence-electron chi connectivity index (χ4n) is 3.53. The highest BCUT2D eigenvalue weighted by Gasteiger charge is 2.21. The summed E-state index contributed by atoms with van der Waals surface area (Å²) < 4.78 is 11.1. The molecule has 170 valence electrons. The molecular formula is C22H35N7O2. The van der Waals surface area contributed by atoms with Crippen LogP contribution in [0.25, 0.3) is 11.4 Å². The smallest absolute Gasteiger partial charge is 0.191 e. The monoisotopic (exact) mass is 429 g/mol. The summed E-state index contributed by atoms with van der Waals surface area (Å²) in [5, 5.41) is 14.0. The predicted molar refractivity (Wildman–Crippen MR) is 122 cm³/mol. The number of morpholine rings is 1. The maximum absolute atomic E-state index is 5.93. The van der Waals surface area contributed by atoms with Gasteiger partial charge in [-0.25, -0.2) is 9.98 Å². The minimum atomic E-state index is 0.156. The summed E-state index contributed by atoms with van der Waals surface area (Å²) in [6.45, 7) is 12.3. The second kappa shape index (κ2) is 11.7. The first-order valence-electron chi connectivity index (χ1n) is 11.0. The average Bonchev–Trinajstić information content (AvgIpc) is 3.24. The van der Waals surface area contributed by atoms with E-state index >= 15 is 0 Å². The van der Waals surface area contributed by atoms with Crippen LogP contribution in [0.15, 0.2) is 29.3 Å². The summed E-state index contributed by atoms with van der Waals surface area (Å²) in [5.74, 6) is 3.57. The number of hydrogen-bond donors (Lipinski definition) is 3. The standard InChI is InChI=1S/C22H35N7O2/c1-5-23-22(24-12-19-15-29(10-11-31-19)14-16(2)3)25-13-20-26-21(28-27-20)17-6-8-18(30-4)9-7-17/h6-9,16,19H,5,10-15H2,1-4H3,(H2,23,24,25)(H,26,27,28). The molecule has 9 nitrogen and oxygen atoms in total. The lowest BCUT2D eigenvalue weighted by molar-refractivity contribution is -0.0284. The second-order valence-electron chi connectivity index (χ2n) is 8.06. The molecule has 0 spiro atoms. The molecule has 9 heteroatoms. The van der Waals surface area contributed by atoms with Crippen LogP contribution in [0.3, 0.4) is 0 Å². The Bertz CT molecular complexity index is 820. The zero-order valence-corrected chi connectivity index (χ0v) is 19.0. The van der Waals surface area contributed by atoms with Gasteiger partial charge in [-0.15, -0.1) is 0 Å². The van der Waals surface area contributed by atoms with Crippen LogP contribution in [0.5, 0.6) is 5.75 Å².